The largest absolute Gasteiger partial charge is 0.624 e. The van der Waals surface area contributed by atoms with E-state index in [1.54, 1.807) is 0 Å². The lowest BCUT2D eigenvalue weighted by Crippen LogP contribution is -1.70. The summed E-state index contributed by atoms with van der Waals surface area (Å²) in [4.78, 5) is 0. The lowest BCUT2D eigenvalue weighted by molar-refractivity contribution is 0.407. The standard InChI is InChI=1S/C2H6OS/c1-2-3-4/h4H,2H2,1H3/p-1. The minimum absolute atomic E-state index is 0.634. The monoisotopic (exact) mass is 77.0 g/mol. The van der Waals surface area contributed by atoms with Gasteiger partial charge in [-0.2, -0.15) is 0 Å². The molecule has 0 amide bonds. The van der Waals surface area contributed by atoms with Gasteiger partial charge in [-0.3, -0.25) is 0 Å². The molecule has 0 saturated heterocycles. The summed E-state index contributed by atoms with van der Waals surface area (Å²) in [6, 6.07) is 0. The molecule has 0 heterocycles. The fourth-order valence-corrected chi connectivity index (χ4v) is 0. The van der Waals surface area contributed by atoms with Gasteiger partial charge in [0.05, 0.1) is 0 Å². The van der Waals surface area contributed by atoms with Gasteiger partial charge in [0.1, 0.15) is 0 Å². The van der Waals surface area contributed by atoms with Crippen LogP contribution in [0.25, 0.3) is 0 Å². The van der Waals surface area contributed by atoms with E-state index in [4.69, 9.17) is 0 Å². The second kappa shape index (κ2) is 3.31. The molecular formula is C2H5OS-. The highest BCUT2D eigenvalue weighted by Gasteiger charge is 1.40. The van der Waals surface area contributed by atoms with Crippen molar-refractivity contribution < 1.29 is 4.18 Å². The molecule has 0 radical (unpaired) electrons. The average Bonchev–Trinajstić information content (AvgIpc) is 1.37. The minimum atomic E-state index is 0.634. The van der Waals surface area contributed by atoms with Crippen LogP contribution in [-0.4, -0.2) is 6.61 Å². The molecule has 0 bridgehead atoms. The molecule has 0 aromatic carbocycles. The van der Waals surface area contributed by atoms with Gasteiger partial charge >= 0.3 is 0 Å². The van der Waals surface area contributed by atoms with E-state index in [0.29, 0.717) is 6.61 Å². The van der Waals surface area contributed by atoms with E-state index in [1.165, 1.54) is 0 Å². The summed E-state index contributed by atoms with van der Waals surface area (Å²) in [5, 5.41) is 0. The molecule has 1 nitrogen and oxygen atoms in total. The van der Waals surface area contributed by atoms with Crippen LogP contribution in [0.4, 0.5) is 0 Å². The van der Waals surface area contributed by atoms with Crippen LogP contribution < -0.4 is 0 Å². The van der Waals surface area contributed by atoms with Gasteiger partial charge in [0.15, 0.2) is 0 Å². The van der Waals surface area contributed by atoms with E-state index in [0.717, 1.165) is 0 Å². The summed E-state index contributed by atoms with van der Waals surface area (Å²) in [6.45, 7) is 2.49. The lowest BCUT2D eigenvalue weighted by Gasteiger charge is -1.96. The number of rotatable bonds is 1. The zero-order valence-corrected chi connectivity index (χ0v) is 3.34. The van der Waals surface area contributed by atoms with E-state index >= 15 is 0 Å². The molecule has 26 valence electrons. The highest BCUT2D eigenvalue weighted by Crippen LogP contribution is 1.55. The molecule has 0 aromatic heterocycles. The van der Waals surface area contributed by atoms with Gasteiger partial charge in [0, 0.05) is 6.61 Å². The Hall–Kier alpha value is 0.310. The van der Waals surface area contributed by atoms with Crippen molar-refractivity contribution in [3.8, 4) is 0 Å². The van der Waals surface area contributed by atoms with Crippen molar-refractivity contribution in [3.05, 3.63) is 0 Å². The van der Waals surface area contributed by atoms with E-state index in [-0.39, 0.29) is 0 Å². The summed E-state index contributed by atoms with van der Waals surface area (Å²) in [6.07, 6.45) is 0. The zero-order valence-electron chi connectivity index (χ0n) is 2.52. The van der Waals surface area contributed by atoms with E-state index in [9.17, 15) is 0 Å². The van der Waals surface area contributed by atoms with Crippen LogP contribution in [-0.2, 0) is 17.1 Å². The molecule has 0 aliphatic rings. The van der Waals surface area contributed by atoms with Crippen molar-refractivity contribution in [2.45, 2.75) is 6.92 Å². The summed E-state index contributed by atoms with van der Waals surface area (Å²) in [7, 11) is 0. The van der Waals surface area contributed by atoms with Crippen molar-refractivity contribution in [2.75, 3.05) is 6.61 Å². The molecule has 4 heavy (non-hydrogen) atoms. The quantitative estimate of drug-likeness (QED) is 0.421. The third-order valence-electron chi connectivity index (χ3n) is 0.118. The molecule has 0 aliphatic heterocycles. The highest BCUT2D eigenvalue weighted by atomic mass is 32.1. The maximum absolute atomic E-state index is 4.12. The Kier molecular flexibility index (Phi) is 3.57. The van der Waals surface area contributed by atoms with Gasteiger partial charge in [-0.1, -0.05) is 0 Å². The Bertz CT molecular complexity index is 8.00. The van der Waals surface area contributed by atoms with Gasteiger partial charge in [-0.15, -0.1) is 0 Å². The Morgan fingerprint density at radius 1 is 2.00 bits per heavy atom. The van der Waals surface area contributed by atoms with Crippen LogP contribution in [0.15, 0.2) is 0 Å². The molecular weight excluding hydrogens is 72.1 g/mol. The predicted octanol–water partition coefficient (Wildman–Crippen LogP) is 0.485. The first kappa shape index (κ1) is 4.31. The molecule has 0 saturated carbocycles. The second-order valence-corrected chi connectivity index (χ2v) is 0.642. The molecule has 0 aliphatic carbocycles. The fourth-order valence-electron chi connectivity index (χ4n) is 0. The van der Waals surface area contributed by atoms with Gasteiger partial charge in [0.2, 0.25) is 0 Å². The molecule has 0 atom stereocenters. The second-order valence-electron chi connectivity index (χ2n) is 0.407. The summed E-state index contributed by atoms with van der Waals surface area (Å²) >= 11 is 4.05. The third kappa shape index (κ3) is 2.31. The normalized spacial score (nSPS) is 7.50. The maximum Gasteiger partial charge on any atom is 0.0155 e. The summed E-state index contributed by atoms with van der Waals surface area (Å²) in [5.41, 5.74) is 0. The van der Waals surface area contributed by atoms with Crippen molar-refractivity contribution in [1.29, 1.82) is 0 Å². The summed E-state index contributed by atoms with van der Waals surface area (Å²) < 4.78 is 4.12. The van der Waals surface area contributed by atoms with Crippen molar-refractivity contribution >= 4 is 12.9 Å². The SMILES string of the molecule is CCO[S-]. The van der Waals surface area contributed by atoms with Crippen LogP contribution in [0.1, 0.15) is 6.92 Å². The molecule has 0 unspecified atom stereocenters. The first-order chi connectivity index (χ1) is 1.91. The molecule has 0 spiro atoms. The van der Waals surface area contributed by atoms with Crippen LogP contribution in [0.2, 0.25) is 0 Å². The number of hydrogen-bond acceptors (Lipinski definition) is 2. The number of hydrogen-bond donors (Lipinski definition) is 0. The van der Waals surface area contributed by atoms with Gasteiger partial charge in [-0.05, 0) is 6.92 Å². The van der Waals surface area contributed by atoms with Crippen LogP contribution >= 0.6 is 0 Å². The Morgan fingerprint density at radius 2 is 2.25 bits per heavy atom. The third-order valence-corrected chi connectivity index (χ3v) is 0.354. The maximum atomic E-state index is 4.12. The average molecular weight is 77.1 g/mol. The lowest BCUT2D eigenvalue weighted by atomic mass is 10.9. The van der Waals surface area contributed by atoms with Gasteiger partial charge in [-0.25, -0.2) is 0 Å². The van der Waals surface area contributed by atoms with E-state index in [1.807, 2.05) is 6.92 Å². The van der Waals surface area contributed by atoms with Crippen LogP contribution in [0, 0.1) is 0 Å². The van der Waals surface area contributed by atoms with Gasteiger partial charge in [0.25, 0.3) is 0 Å². The summed E-state index contributed by atoms with van der Waals surface area (Å²) in [5.74, 6) is 0. The molecule has 2 heteroatoms. The molecule has 0 rings (SSSR count). The zero-order chi connectivity index (χ0) is 3.41. The minimum Gasteiger partial charge on any atom is -0.624 e. The Labute approximate surface area is 31.6 Å². The molecule has 0 N–H and O–H groups in total. The van der Waals surface area contributed by atoms with Gasteiger partial charge < -0.3 is 17.1 Å². The predicted molar refractivity (Wildman–Crippen MR) is 19.0 cm³/mol. The first-order valence-electron chi connectivity index (χ1n) is 1.16. The van der Waals surface area contributed by atoms with E-state index < -0.39 is 0 Å². The van der Waals surface area contributed by atoms with Crippen LogP contribution in [0.5, 0.6) is 0 Å². The Morgan fingerprint density at radius 3 is 2.25 bits per heavy atom. The Balaban J connectivity index is 1.97. The highest BCUT2D eigenvalue weighted by molar-refractivity contribution is 7.53. The fraction of sp³-hybridized carbons (Fsp3) is 1.00. The van der Waals surface area contributed by atoms with E-state index in [2.05, 4.69) is 17.1 Å². The van der Waals surface area contributed by atoms with Crippen molar-refractivity contribution in [3.63, 3.8) is 0 Å². The topological polar surface area (TPSA) is 9.23 Å². The van der Waals surface area contributed by atoms with Crippen LogP contribution in [0.3, 0.4) is 0 Å². The van der Waals surface area contributed by atoms with Crippen molar-refractivity contribution in [1.82, 2.24) is 0 Å². The van der Waals surface area contributed by atoms with Crippen molar-refractivity contribution in [2.24, 2.45) is 0 Å². The first-order valence-corrected chi connectivity index (χ1v) is 1.50. The molecule has 0 fully saturated rings. The smallest absolute Gasteiger partial charge is 0.0155 e. The molecule has 0 aromatic rings.